The maximum atomic E-state index is 13.7. The van der Waals surface area contributed by atoms with Gasteiger partial charge in [0.25, 0.3) is 5.91 Å². The summed E-state index contributed by atoms with van der Waals surface area (Å²) in [5.74, 6) is -3.66. The van der Waals surface area contributed by atoms with Crippen LogP contribution in [0.3, 0.4) is 0 Å². The molecule has 1 aliphatic rings. The molecule has 0 unspecified atom stereocenters. The van der Waals surface area contributed by atoms with Gasteiger partial charge in [0.2, 0.25) is 15.8 Å². The number of aliphatic carboxylic acids is 1. The zero-order chi connectivity index (χ0) is 43.8. The second-order valence-electron chi connectivity index (χ2n) is 13.9. The smallest absolute Gasteiger partial charge is 0.371 e. The third-order valence-electron chi connectivity index (χ3n) is 9.35. The lowest BCUT2D eigenvalue weighted by molar-refractivity contribution is -0.135. The molecular formula is C43H51FN2O14S. The number of benzene rings is 3. The van der Waals surface area contributed by atoms with E-state index in [9.17, 15) is 32.3 Å². The minimum atomic E-state index is -3.74. The number of halogens is 1. The van der Waals surface area contributed by atoms with Gasteiger partial charge < -0.3 is 48.4 Å². The Balaban J connectivity index is 0.939. The van der Waals surface area contributed by atoms with E-state index in [4.69, 9.17) is 37.9 Å². The van der Waals surface area contributed by atoms with Gasteiger partial charge in [-0.2, -0.15) is 0 Å². The van der Waals surface area contributed by atoms with Crippen LogP contribution in [0, 0.1) is 5.82 Å². The number of aliphatic hydroxyl groups excluding tert-OH is 1. The van der Waals surface area contributed by atoms with Crippen molar-refractivity contribution >= 4 is 44.3 Å². The van der Waals surface area contributed by atoms with Crippen LogP contribution >= 0.6 is 0 Å². The summed E-state index contributed by atoms with van der Waals surface area (Å²) >= 11 is 0. The van der Waals surface area contributed by atoms with E-state index in [-0.39, 0.29) is 56.1 Å². The fraction of sp³-hybridized carbons (Fsp3) is 0.419. The lowest BCUT2D eigenvalue weighted by Gasteiger charge is -2.25. The Morgan fingerprint density at radius 1 is 0.820 bits per heavy atom. The molecule has 0 spiro atoms. The van der Waals surface area contributed by atoms with Gasteiger partial charge in [-0.05, 0) is 66.3 Å². The molecule has 1 fully saturated rings. The molecule has 16 nitrogen and oxygen atoms in total. The molecule has 1 heterocycles. The van der Waals surface area contributed by atoms with Gasteiger partial charge in [-0.1, -0.05) is 18.2 Å². The number of nitrogens with zero attached hydrogens (tertiary/aromatic N) is 1. The lowest BCUT2D eigenvalue weighted by Crippen LogP contribution is -2.34. The van der Waals surface area contributed by atoms with E-state index in [1.165, 1.54) is 41.7 Å². The van der Waals surface area contributed by atoms with Crippen LogP contribution in [0.25, 0.3) is 22.3 Å². The SMILES string of the molecule is CNC(=O)c1c(-c2ccc(F)cc2)oc2cc(N(CCOCCOCCOCCOCCOCCOCc3cccc(C(=O)/C=C(\O)C(=O)O)c3)S(C)(=O)=O)c(C3CC3)cc12. The number of amides is 1. The van der Waals surface area contributed by atoms with Gasteiger partial charge in [0.05, 0.1) is 103 Å². The number of anilines is 1. The summed E-state index contributed by atoms with van der Waals surface area (Å²) < 4.78 is 80.8. The van der Waals surface area contributed by atoms with E-state index in [1.807, 2.05) is 6.07 Å². The van der Waals surface area contributed by atoms with Crippen molar-refractivity contribution in [2.75, 3.05) is 96.8 Å². The van der Waals surface area contributed by atoms with Crippen molar-refractivity contribution in [2.24, 2.45) is 0 Å². The molecule has 5 rings (SSSR count). The number of aliphatic hydroxyl groups is 1. The highest BCUT2D eigenvalue weighted by molar-refractivity contribution is 7.92. The number of carbonyl (C=O) groups is 3. The van der Waals surface area contributed by atoms with Crippen LogP contribution in [0.4, 0.5) is 10.1 Å². The van der Waals surface area contributed by atoms with Crippen LogP contribution in [0.15, 0.2) is 76.9 Å². The largest absolute Gasteiger partial charge is 0.502 e. The number of fused-ring (bicyclic) bond motifs is 1. The predicted octanol–water partition coefficient (Wildman–Crippen LogP) is 5.25. The van der Waals surface area contributed by atoms with E-state index < -0.39 is 33.4 Å². The molecule has 0 saturated heterocycles. The molecule has 0 atom stereocenters. The third-order valence-corrected chi connectivity index (χ3v) is 10.5. The van der Waals surface area contributed by atoms with E-state index in [0.29, 0.717) is 92.3 Å². The minimum Gasteiger partial charge on any atom is -0.502 e. The summed E-state index contributed by atoms with van der Waals surface area (Å²) in [5, 5.41) is 21.2. The Labute approximate surface area is 353 Å². The number of nitrogens with one attached hydrogen (secondary N) is 1. The molecule has 1 aromatic heterocycles. The lowest BCUT2D eigenvalue weighted by atomic mass is 10.0. The number of ketones is 1. The van der Waals surface area contributed by atoms with Crippen LogP contribution < -0.4 is 9.62 Å². The third kappa shape index (κ3) is 14.2. The first-order valence-corrected chi connectivity index (χ1v) is 21.5. The monoisotopic (exact) mass is 870 g/mol. The van der Waals surface area contributed by atoms with Gasteiger partial charge >= 0.3 is 5.97 Å². The number of carbonyl (C=O) groups excluding carboxylic acids is 2. The van der Waals surface area contributed by atoms with Gasteiger partial charge in [-0.3, -0.25) is 13.9 Å². The van der Waals surface area contributed by atoms with Crippen LogP contribution in [0.1, 0.15) is 50.6 Å². The van der Waals surface area contributed by atoms with Crippen molar-refractivity contribution < 1.29 is 70.2 Å². The Bertz CT molecular complexity index is 2240. The number of ether oxygens (including phenoxy) is 6. The molecule has 1 saturated carbocycles. The average Bonchev–Trinajstić information content (AvgIpc) is 4.02. The Morgan fingerprint density at radius 3 is 1.93 bits per heavy atom. The number of allylic oxidation sites excluding steroid dienone is 1. The minimum absolute atomic E-state index is 0.0465. The van der Waals surface area contributed by atoms with Gasteiger partial charge in [0.15, 0.2) is 5.78 Å². The first-order valence-electron chi connectivity index (χ1n) is 19.7. The van der Waals surface area contributed by atoms with E-state index >= 15 is 0 Å². The summed E-state index contributed by atoms with van der Waals surface area (Å²) in [6, 6.07) is 15.6. The first kappa shape index (κ1) is 46.8. The van der Waals surface area contributed by atoms with Gasteiger partial charge in [0.1, 0.15) is 17.2 Å². The average molecular weight is 871 g/mol. The highest BCUT2D eigenvalue weighted by atomic mass is 32.2. The summed E-state index contributed by atoms with van der Waals surface area (Å²) in [4.78, 5) is 35.9. The zero-order valence-corrected chi connectivity index (χ0v) is 34.9. The molecular weight excluding hydrogens is 820 g/mol. The van der Waals surface area contributed by atoms with E-state index in [2.05, 4.69) is 5.32 Å². The molecule has 0 bridgehead atoms. The fourth-order valence-corrected chi connectivity index (χ4v) is 7.15. The standard InChI is InChI=1S/C43H51FN2O14S/c1-45-42(49)40-35-25-34(30-6-7-30)36(26-39(35)60-41(40)31-8-10-33(44)11-9-31)46(61(2,52)53)12-13-54-14-15-55-16-17-56-18-19-57-20-21-58-22-23-59-28-29-4-3-5-32(24-29)37(47)27-38(48)43(50)51/h3-5,8-11,24-27,30,48H,6-7,12-23,28H2,1-2H3,(H,45,49)(H,50,51)/b38-27-. The second kappa shape index (κ2) is 23.1. The molecule has 330 valence electrons. The van der Waals surface area contributed by atoms with Crippen molar-refractivity contribution in [3.8, 4) is 11.3 Å². The van der Waals surface area contributed by atoms with Crippen LogP contribution in [-0.4, -0.2) is 129 Å². The number of rotatable bonds is 28. The molecule has 61 heavy (non-hydrogen) atoms. The summed E-state index contributed by atoms with van der Waals surface area (Å²) in [6.07, 6.45) is 3.55. The highest BCUT2D eigenvalue weighted by Gasteiger charge is 2.33. The predicted molar refractivity (Wildman–Crippen MR) is 222 cm³/mol. The summed E-state index contributed by atoms with van der Waals surface area (Å²) in [5.41, 5.74) is 3.33. The normalized spacial score (nSPS) is 13.1. The van der Waals surface area contributed by atoms with Crippen molar-refractivity contribution in [1.82, 2.24) is 5.32 Å². The summed E-state index contributed by atoms with van der Waals surface area (Å²) in [6.45, 7) is 3.67. The number of sulfonamides is 1. The number of furan rings is 1. The molecule has 0 aliphatic heterocycles. The highest BCUT2D eigenvalue weighted by Crippen LogP contribution is 2.48. The van der Waals surface area contributed by atoms with Crippen molar-refractivity contribution in [1.29, 1.82) is 0 Å². The van der Waals surface area contributed by atoms with Crippen molar-refractivity contribution in [3.63, 3.8) is 0 Å². The van der Waals surface area contributed by atoms with Gasteiger partial charge in [-0.25, -0.2) is 17.6 Å². The van der Waals surface area contributed by atoms with Crippen LogP contribution in [0.2, 0.25) is 0 Å². The van der Waals surface area contributed by atoms with Crippen LogP contribution in [-0.2, 0) is 49.8 Å². The fourth-order valence-electron chi connectivity index (χ4n) is 6.23. The molecule has 18 heteroatoms. The van der Waals surface area contributed by atoms with E-state index in [1.54, 1.807) is 24.3 Å². The topological polar surface area (TPSA) is 210 Å². The number of carboxylic acids is 1. The molecule has 4 aromatic rings. The number of carboxylic acid groups (broad SMARTS) is 1. The summed E-state index contributed by atoms with van der Waals surface area (Å²) in [7, 11) is -2.23. The van der Waals surface area contributed by atoms with Crippen molar-refractivity contribution in [2.45, 2.75) is 25.4 Å². The Hall–Kier alpha value is -5.21. The molecule has 1 aliphatic carbocycles. The van der Waals surface area contributed by atoms with Gasteiger partial charge in [-0.15, -0.1) is 0 Å². The quantitative estimate of drug-likeness (QED) is 0.0288. The van der Waals surface area contributed by atoms with E-state index in [0.717, 1.165) is 24.7 Å². The maximum Gasteiger partial charge on any atom is 0.371 e. The number of hydrogen-bond donors (Lipinski definition) is 3. The molecule has 3 N–H and O–H groups in total. The number of hydrogen-bond acceptors (Lipinski definition) is 13. The van der Waals surface area contributed by atoms with Gasteiger partial charge in [0, 0.05) is 35.7 Å². The molecule has 3 aromatic carbocycles. The molecule has 1 amide bonds. The first-order chi connectivity index (χ1) is 29.4. The van der Waals surface area contributed by atoms with Crippen molar-refractivity contribution in [3.05, 3.63) is 101 Å². The second-order valence-corrected chi connectivity index (χ2v) is 15.8. The Kier molecular flexibility index (Phi) is 17.8. The Morgan fingerprint density at radius 2 is 1.39 bits per heavy atom. The molecule has 0 radical (unpaired) electrons. The van der Waals surface area contributed by atoms with Crippen LogP contribution in [0.5, 0.6) is 0 Å². The maximum absolute atomic E-state index is 13.7. The zero-order valence-electron chi connectivity index (χ0n) is 34.1.